The molecule has 0 aliphatic rings. The maximum absolute atomic E-state index is 11.4. The molecule has 3 heteroatoms. The fourth-order valence-electron chi connectivity index (χ4n) is 1.17. The van der Waals surface area contributed by atoms with Crippen molar-refractivity contribution in [3.63, 3.8) is 0 Å². The molecule has 0 saturated heterocycles. The van der Waals surface area contributed by atoms with E-state index in [2.05, 4.69) is 33.0 Å². The summed E-state index contributed by atoms with van der Waals surface area (Å²) in [5.41, 5.74) is 0.195. The van der Waals surface area contributed by atoms with Gasteiger partial charge in [-0.25, -0.2) is 0 Å². The van der Waals surface area contributed by atoms with Gasteiger partial charge in [-0.15, -0.1) is 0 Å². The Morgan fingerprint density at radius 2 is 1.85 bits per heavy atom. The summed E-state index contributed by atoms with van der Waals surface area (Å²) in [6.07, 6.45) is 0. The van der Waals surface area contributed by atoms with Gasteiger partial charge in [0.1, 0.15) is 0 Å². The Bertz CT molecular complexity index is 163. The van der Waals surface area contributed by atoms with E-state index < -0.39 is 10.8 Å². The van der Waals surface area contributed by atoms with Gasteiger partial charge in [-0.1, -0.05) is 34.6 Å². The normalized spacial score (nSPS) is 17.0. The van der Waals surface area contributed by atoms with E-state index >= 15 is 0 Å². The van der Waals surface area contributed by atoms with Gasteiger partial charge in [0, 0.05) is 28.3 Å². The summed E-state index contributed by atoms with van der Waals surface area (Å²) in [6.45, 7) is 11.6. The van der Waals surface area contributed by atoms with Crippen LogP contribution < -0.4 is 5.32 Å². The second-order valence-corrected chi connectivity index (χ2v) is 6.16. The first-order chi connectivity index (χ1) is 5.91. The first-order valence-electron chi connectivity index (χ1n) is 5.00. The van der Waals surface area contributed by atoms with Crippen LogP contribution in [-0.2, 0) is 10.8 Å². The van der Waals surface area contributed by atoms with Crippen molar-refractivity contribution < 1.29 is 4.21 Å². The third kappa shape index (κ3) is 5.42. The van der Waals surface area contributed by atoms with Crippen LogP contribution in [0.5, 0.6) is 0 Å². The third-order valence-electron chi connectivity index (χ3n) is 2.17. The van der Waals surface area contributed by atoms with Gasteiger partial charge < -0.3 is 5.32 Å². The Kier molecular flexibility index (Phi) is 5.81. The zero-order chi connectivity index (χ0) is 10.5. The van der Waals surface area contributed by atoms with E-state index in [4.69, 9.17) is 0 Å². The largest absolute Gasteiger partial charge is 0.313 e. The molecule has 2 nitrogen and oxygen atoms in total. The van der Waals surface area contributed by atoms with Crippen LogP contribution in [0.15, 0.2) is 0 Å². The molecule has 0 aromatic carbocycles. The molecule has 0 spiro atoms. The summed E-state index contributed by atoms with van der Waals surface area (Å²) >= 11 is 0. The molecule has 0 aromatic heterocycles. The lowest BCUT2D eigenvalue weighted by atomic mass is 9.88. The maximum atomic E-state index is 11.4. The van der Waals surface area contributed by atoms with Crippen LogP contribution in [-0.4, -0.2) is 28.3 Å². The van der Waals surface area contributed by atoms with Crippen molar-refractivity contribution in [1.29, 1.82) is 0 Å². The van der Waals surface area contributed by atoms with Gasteiger partial charge in [0.15, 0.2) is 0 Å². The minimum Gasteiger partial charge on any atom is -0.313 e. The number of nitrogens with one attached hydrogen (secondary N) is 1. The van der Waals surface area contributed by atoms with E-state index in [1.807, 2.05) is 6.92 Å². The van der Waals surface area contributed by atoms with Gasteiger partial charge in [0.2, 0.25) is 0 Å². The highest BCUT2D eigenvalue weighted by Crippen LogP contribution is 2.19. The van der Waals surface area contributed by atoms with Crippen molar-refractivity contribution >= 4 is 10.8 Å². The monoisotopic (exact) mass is 205 g/mol. The van der Waals surface area contributed by atoms with Crippen molar-refractivity contribution in [2.75, 3.05) is 18.1 Å². The van der Waals surface area contributed by atoms with Crippen molar-refractivity contribution in [3.05, 3.63) is 0 Å². The van der Waals surface area contributed by atoms with E-state index in [1.54, 1.807) is 0 Å². The molecule has 0 radical (unpaired) electrons. The Morgan fingerprint density at radius 1 is 1.31 bits per heavy atom. The molecule has 2 atom stereocenters. The van der Waals surface area contributed by atoms with Crippen molar-refractivity contribution in [3.8, 4) is 0 Å². The SMILES string of the molecule is CCNC(CS(=O)CC)C(C)(C)C. The number of hydrogen-bond donors (Lipinski definition) is 1. The van der Waals surface area contributed by atoms with Crippen LogP contribution in [0.2, 0.25) is 0 Å². The molecule has 1 N–H and O–H groups in total. The fourth-order valence-corrected chi connectivity index (χ4v) is 2.39. The number of rotatable bonds is 5. The van der Waals surface area contributed by atoms with E-state index in [-0.39, 0.29) is 5.41 Å². The van der Waals surface area contributed by atoms with Crippen molar-refractivity contribution in [2.24, 2.45) is 5.41 Å². The van der Waals surface area contributed by atoms with E-state index in [9.17, 15) is 4.21 Å². The van der Waals surface area contributed by atoms with Crippen molar-refractivity contribution in [1.82, 2.24) is 5.32 Å². The molecule has 0 aliphatic heterocycles. The summed E-state index contributed by atoms with van der Waals surface area (Å²) in [7, 11) is -0.668. The molecule has 0 aliphatic carbocycles. The molecular formula is C10H23NOS. The Hall–Kier alpha value is 0.110. The zero-order valence-electron chi connectivity index (χ0n) is 9.52. The zero-order valence-corrected chi connectivity index (χ0v) is 10.3. The average Bonchev–Trinajstić information content (AvgIpc) is 2.01. The maximum Gasteiger partial charge on any atom is 0.0393 e. The molecule has 80 valence electrons. The van der Waals surface area contributed by atoms with Crippen LogP contribution in [0, 0.1) is 5.41 Å². The molecule has 0 bridgehead atoms. The van der Waals surface area contributed by atoms with Crippen LogP contribution in [0.1, 0.15) is 34.6 Å². The number of hydrogen-bond acceptors (Lipinski definition) is 2. The van der Waals surface area contributed by atoms with E-state index in [0.29, 0.717) is 6.04 Å². The minimum atomic E-state index is -0.668. The average molecular weight is 205 g/mol. The third-order valence-corrected chi connectivity index (χ3v) is 3.52. The quantitative estimate of drug-likeness (QED) is 0.741. The van der Waals surface area contributed by atoms with E-state index in [0.717, 1.165) is 18.1 Å². The van der Waals surface area contributed by atoms with Gasteiger partial charge in [-0.2, -0.15) is 0 Å². The summed E-state index contributed by atoms with van der Waals surface area (Å²) in [4.78, 5) is 0. The van der Waals surface area contributed by atoms with Crippen molar-refractivity contribution in [2.45, 2.75) is 40.7 Å². The highest BCUT2D eigenvalue weighted by atomic mass is 32.2. The predicted molar refractivity (Wildman–Crippen MR) is 60.5 cm³/mol. The lowest BCUT2D eigenvalue weighted by molar-refractivity contribution is 0.294. The topological polar surface area (TPSA) is 29.1 Å². The standard InChI is InChI=1S/C10H23NOS/c1-6-11-9(10(3,4)5)8-13(12)7-2/h9,11H,6-8H2,1-5H3. The Morgan fingerprint density at radius 3 is 2.15 bits per heavy atom. The van der Waals surface area contributed by atoms with E-state index in [1.165, 1.54) is 0 Å². The summed E-state index contributed by atoms with van der Waals surface area (Å²) < 4.78 is 11.4. The van der Waals surface area contributed by atoms with Crippen LogP contribution in [0.25, 0.3) is 0 Å². The first kappa shape index (κ1) is 13.1. The lowest BCUT2D eigenvalue weighted by Crippen LogP contribution is -2.44. The Labute approximate surface area is 84.9 Å². The molecule has 0 heterocycles. The van der Waals surface area contributed by atoms with Crippen LogP contribution >= 0.6 is 0 Å². The van der Waals surface area contributed by atoms with Gasteiger partial charge in [-0.3, -0.25) is 4.21 Å². The molecule has 2 unspecified atom stereocenters. The second-order valence-electron chi connectivity index (χ2n) is 4.37. The Balaban J connectivity index is 4.18. The first-order valence-corrected chi connectivity index (χ1v) is 6.49. The van der Waals surface area contributed by atoms with Crippen LogP contribution in [0.3, 0.4) is 0 Å². The second kappa shape index (κ2) is 5.76. The summed E-state index contributed by atoms with van der Waals surface area (Å²) in [6, 6.07) is 0.360. The fraction of sp³-hybridized carbons (Fsp3) is 1.00. The van der Waals surface area contributed by atoms with Gasteiger partial charge in [-0.05, 0) is 12.0 Å². The van der Waals surface area contributed by atoms with Gasteiger partial charge >= 0.3 is 0 Å². The lowest BCUT2D eigenvalue weighted by Gasteiger charge is -2.30. The van der Waals surface area contributed by atoms with Crippen LogP contribution in [0.4, 0.5) is 0 Å². The summed E-state index contributed by atoms with van der Waals surface area (Å²) in [5.74, 6) is 1.53. The summed E-state index contributed by atoms with van der Waals surface area (Å²) in [5, 5.41) is 3.39. The highest BCUT2D eigenvalue weighted by molar-refractivity contribution is 7.84. The van der Waals surface area contributed by atoms with Gasteiger partial charge in [0.25, 0.3) is 0 Å². The predicted octanol–water partition coefficient (Wildman–Crippen LogP) is 1.78. The smallest absolute Gasteiger partial charge is 0.0393 e. The van der Waals surface area contributed by atoms with Gasteiger partial charge in [0.05, 0.1) is 0 Å². The molecule has 0 aromatic rings. The molecular weight excluding hydrogens is 182 g/mol. The molecule has 0 amide bonds. The highest BCUT2D eigenvalue weighted by Gasteiger charge is 2.24. The molecule has 13 heavy (non-hydrogen) atoms. The minimum absolute atomic E-state index is 0.195. The molecule has 0 rings (SSSR count). The molecule has 0 saturated carbocycles. The molecule has 0 fully saturated rings.